The number of para-hydroxylation sites is 1. The number of hydrogen-bond acceptors (Lipinski definition) is 4. The molecule has 0 radical (unpaired) electrons. The zero-order chi connectivity index (χ0) is 17.0. The average molecular weight is 376 g/mol. The van der Waals surface area contributed by atoms with Gasteiger partial charge in [-0.15, -0.1) is 0 Å². The number of hydrogen-bond donors (Lipinski definition) is 2. The van der Waals surface area contributed by atoms with Crippen LogP contribution in [0.3, 0.4) is 0 Å². The number of pyridine rings is 1. The highest BCUT2D eigenvalue weighted by Gasteiger charge is 2.27. The molecule has 0 spiro atoms. The zero-order valence-corrected chi connectivity index (χ0v) is 13.8. The van der Waals surface area contributed by atoms with Crippen molar-refractivity contribution in [2.75, 3.05) is 17.7 Å². The fraction of sp³-hybridized carbons (Fsp3) is 0.0714. The Bertz CT molecular complexity index is 754. The van der Waals surface area contributed by atoms with Gasteiger partial charge in [0.2, 0.25) is 0 Å². The van der Waals surface area contributed by atoms with Crippen LogP contribution in [0.15, 0.2) is 30.3 Å². The first-order valence-corrected chi connectivity index (χ1v) is 7.40. The summed E-state index contributed by atoms with van der Waals surface area (Å²) in [5, 5.41) is 2.37. The molecule has 4 N–H and O–H groups in total. The maximum atomic E-state index is 12.0. The van der Waals surface area contributed by atoms with Crippen molar-refractivity contribution < 1.29 is 19.3 Å². The van der Waals surface area contributed by atoms with Gasteiger partial charge in [-0.2, -0.15) is 4.98 Å². The minimum atomic E-state index is -0.886. The van der Waals surface area contributed by atoms with Crippen molar-refractivity contribution in [2.45, 2.75) is 0 Å². The molecule has 2 aromatic rings. The number of halogens is 3. The number of nitrogens with one attached hydrogen (secondary N) is 2. The lowest BCUT2D eigenvalue weighted by Crippen LogP contribution is -2.26. The molecule has 1 aromatic heterocycles. The number of carbonyl (C=O) groups is 2. The third-order valence-electron chi connectivity index (χ3n) is 2.72. The number of nitrogen functional groups attached to an aromatic ring is 1. The smallest absolute Gasteiger partial charge is 0.405 e. The monoisotopic (exact) mass is 374 g/mol. The Balaban J connectivity index is 2.01. The molecule has 0 unspecified atom stereocenters. The molecule has 0 aliphatic heterocycles. The molecule has 0 aliphatic rings. The van der Waals surface area contributed by atoms with E-state index in [9.17, 15) is 9.59 Å². The van der Waals surface area contributed by atoms with Crippen LogP contribution in [0.5, 0.6) is 0 Å². The van der Waals surface area contributed by atoms with E-state index in [2.05, 4.69) is 10.3 Å². The van der Waals surface area contributed by atoms with E-state index in [1.54, 1.807) is 24.3 Å². The van der Waals surface area contributed by atoms with E-state index >= 15 is 0 Å². The number of benzene rings is 1. The summed E-state index contributed by atoms with van der Waals surface area (Å²) in [7, 11) is 0. The van der Waals surface area contributed by atoms with E-state index < -0.39 is 18.5 Å². The van der Waals surface area contributed by atoms with Gasteiger partial charge in [0.05, 0.1) is 5.69 Å². The molecule has 0 fully saturated rings. The number of aromatic amines is 1. The van der Waals surface area contributed by atoms with Gasteiger partial charge in [-0.3, -0.25) is 4.79 Å². The van der Waals surface area contributed by atoms with Crippen LogP contribution in [-0.2, 0) is 9.53 Å². The molecule has 2 rings (SSSR count). The zero-order valence-electron chi connectivity index (χ0n) is 11.5. The number of ether oxygens (including phenoxy) is 1. The van der Waals surface area contributed by atoms with Crippen LogP contribution in [0.25, 0.3) is 0 Å². The maximum Gasteiger partial charge on any atom is 0.405 e. The van der Waals surface area contributed by atoms with Crippen LogP contribution >= 0.6 is 34.8 Å². The van der Waals surface area contributed by atoms with Crippen molar-refractivity contribution in [3.8, 4) is 0 Å². The van der Waals surface area contributed by atoms with Crippen LogP contribution in [0.4, 0.5) is 11.4 Å². The Morgan fingerprint density at radius 2 is 1.78 bits per heavy atom. The lowest BCUT2D eigenvalue weighted by molar-refractivity contribution is -0.380. The Morgan fingerprint density at radius 1 is 1.13 bits per heavy atom. The molecule has 0 saturated heterocycles. The fourth-order valence-corrected chi connectivity index (χ4v) is 2.24. The van der Waals surface area contributed by atoms with Gasteiger partial charge in [0, 0.05) is 5.69 Å². The van der Waals surface area contributed by atoms with E-state index in [0.29, 0.717) is 5.69 Å². The molecule has 1 heterocycles. The lowest BCUT2D eigenvalue weighted by Gasteiger charge is -2.06. The molecule has 0 aliphatic carbocycles. The first-order valence-electron chi connectivity index (χ1n) is 6.27. The van der Waals surface area contributed by atoms with Crippen molar-refractivity contribution in [2.24, 2.45) is 0 Å². The quantitative estimate of drug-likeness (QED) is 0.634. The van der Waals surface area contributed by atoms with E-state index in [0.717, 1.165) is 0 Å². The van der Waals surface area contributed by atoms with Crippen LogP contribution in [0.1, 0.15) is 10.5 Å². The molecule has 0 atom stereocenters. The molecule has 9 heteroatoms. The van der Waals surface area contributed by atoms with Crippen molar-refractivity contribution in [1.29, 1.82) is 0 Å². The van der Waals surface area contributed by atoms with E-state index in [4.69, 9.17) is 45.3 Å². The fourth-order valence-electron chi connectivity index (χ4n) is 1.63. The van der Waals surface area contributed by atoms with Crippen LogP contribution in [0, 0.1) is 0 Å². The third kappa shape index (κ3) is 4.25. The van der Waals surface area contributed by atoms with E-state index in [1.807, 2.05) is 6.07 Å². The molecule has 0 saturated carbocycles. The van der Waals surface area contributed by atoms with Gasteiger partial charge in [-0.25, -0.2) is 4.79 Å². The number of esters is 1. The minimum Gasteiger partial charge on any atom is -0.448 e. The van der Waals surface area contributed by atoms with Crippen LogP contribution in [-0.4, -0.2) is 18.5 Å². The van der Waals surface area contributed by atoms with Gasteiger partial charge in [0.1, 0.15) is 10.0 Å². The van der Waals surface area contributed by atoms with Gasteiger partial charge in [-0.05, 0) is 23.7 Å². The number of nitrogens with two attached hydrogens (primary N) is 1. The maximum absolute atomic E-state index is 12.0. The number of carbonyl (C=O) groups excluding carboxylic acids is 2. The Hall–Kier alpha value is -2.02. The number of aromatic nitrogens is 1. The van der Waals surface area contributed by atoms with Gasteiger partial charge in [-0.1, -0.05) is 41.4 Å². The molecule has 1 amide bonds. The highest BCUT2D eigenvalue weighted by Crippen LogP contribution is 2.32. The number of anilines is 2. The minimum absolute atomic E-state index is 0.00460. The Labute approximate surface area is 146 Å². The van der Waals surface area contributed by atoms with Crippen molar-refractivity contribution in [1.82, 2.24) is 0 Å². The molecule has 0 bridgehead atoms. The number of amides is 1. The standard InChI is InChI=1S/C14H10Cl3N3O3/c15-9-11(18)10(16)13(17)20-12(9)14(22)23-6-8(21)19-7-4-2-1-3-5-7/h1-5H,6H2,(H2,18,20)(H,19,21)/p+1. The van der Waals surface area contributed by atoms with Crippen LogP contribution in [0.2, 0.25) is 15.2 Å². The SMILES string of the molecule is Nc1c(Cl)c(Cl)[nH+]c(C(=O)OCC(=O)Nc2ccccc2)c1Cl. The van der Waals surface area contributed by atoms with Crippen molar-refractivity contribution in [3.63, 3.8) is 0 Å². The van der Waals surface area contributed by atoms with E-state index in [-0.39, 0.29) is 26.6 Å². The van der Waals surface area contributed by atoms with E-state index in [1.165, 1.54) is 0 Å². The average Bonchev–Trinajstić information content (AvgIpc) is 2.55. The number of H-pyrrole nitrogens is 1. The largest absolute Gasteiger partial charge is 0.448 e. The molecule has 6 nitrogen and oxygen atoms in total. The topological polar surface area (TPSA) is 95.6 Å². The summed E-state index contributed by atoms with van der Waals surface area (Å²) in [6, 6.07) is 8.72. The third-order valence-corrected chi connectivity index (χ3v) is 3.88. The summed E-state index contributed by atoms with van der Waals surface area (Å²) >= 11 is 17.5. The Kier molecular flexibility index (Phi) is 5.65. The Morgan fingerprint density at radius 3 is 2.43 bits per heavy atom. The van der Waals surface area contributed by atoms with Crippen molar-refractivity contribution >= 4 is 58.1 Å². The lowest BCUT2D eigenvalue weighted by atomic mass is 10.3. The molecular weight excluding hydrogens is 365 g/mol. The predicted octanol–water partition coefficient (Wildman–Crippen LogP) is 2.84. The summed E-state index contributed by atoms with van der Waals surface area (Å²) in [5.74, 6) is -1.39. The molecule has 120 valence electrons. The summed E-state index contributed by atoms with van der Waals surface area (Å²) in [4.78, 5) is 26.2. The molecule has 1 aromatic carbocycles. The van der Waals surface area contributed by atoms with Crippen molar-refractivity contribution in [3.05, 3.63) is 51.2 Å². The highest BCUT2D eigenvalue weighted by molar-refractivity contribution is 6.45. The first-order chi connectivity index (χ1) is 10.9. The molecule has 23 heavy (non-hydrogen) atoms. The van der Waals surface area contributed by atoms with Gasteiger partial charge >= 0.3 is 11.7 Å². The van der Waals surface area contributed by atoms with Gasteiger partial charge in [0.25, 0.3) is 11.1 Å². The summed E-state index contributed by atoms with van der Waals surface area (Å²) < 4.78 is 4.87. The molecular formula is C14H11Cl3N3O3+. The van der Waals surface area contributed by atoms with Gasteiger partial charge < -0.3 is 15.8 Å². The normalized spacial score (nSPS) is 10.2. The first kappa shape index (κ1) is 17.3. The van der Waals surface area contributed by atoms with Gasteiger partial charge in [0.15, 0.2) is 6.61 Å². The second kappa shape index (κ2) is 7.50. The second-order valence-electron chi connectivity index (χ2n) is 4.35. The second-order valence-corrected chi connectivity index (χ2v) is 5.48. The van der Waals surface area contributed by atoms with Crippen LogP contribution < -0.4 is 16.0 Å². The number of rotatable bonds is 4. The summed E-state index contributed by atoms with van der Waals surface area (Å²) in [5.41, 5.74) is 5.96. The summed E-state index contributed by atoms with van der Waals surface area (Å²) in [6.07, 6.45) is 0. The summed E-state index contributed by atoms with van der Waals surface area (Å²) in [6.45, 7) is -0.502. The highest BCUT2D eigenvalue weighted by atomic mass is 35.5. The predicted molar refractivity (Wildman–Crippen MR) is 87.8 cm³/mol.